The van der Waals surface area contributed by atoms with E-state index in [-0.39, 0.29) is 0 Å². The first-order chi connectivity index (χ1) is 7.40. The van der Waals surface area contributed by atoms with Gasteiger partial charge in [0.2, 0.25) is 0 Å². The summed E-state index contributed by atoms with van der Waals surface area (Å²) in [5.74, 6) is -0.356. The van der Waals surface area contributed by atoms with E-state index in [0.717, 1.165) is 10.7 Å². The smallest absolute Gasteiger partial charge is 0.335 e. The van der Waals surface area contributed by atoms with Gasteiger partial charge in [-0.1, -0.05) is 20.8 Å². The number of carboxylic acid groups (broad SMARTS) is 1. The minimum atomic E-state index is -0.899. The van der Waals surface area contributed by atoms with Crippen molar-refractivity contribution >= 4 is 17.7 Å². The molecule has 1 unspecified atom stereocenters. The molecular weight excluding hydrogens is 222 g/mol. The molecule has 0 aliphatic rings. The van der Waals surface area contributed by atoms with Gasteiger partial charge >= 0.3 is 5.97 Å². The van der Waals surface area contributed by atoms with Gasteiger partial charge in [-0.05, 0) is 25.0 Å². The summed E-state index contributed by atoms with van der Waals surface area (Å²) in [6.07, 6.45) is 0. The second kappa shape index (κ2) is 5.34. The average Bonchev–Trinajstić information content (AvgIpc) is 2.16. The Kier molecular flexibility index (Phi) is 4.35. The number of nitrogens with zero attached hydrogens (tertiary/aromatic N) is 1. The van der Waals surface area contributed by atoms with Crippen molar-refractivity contribution in [3.8, 4) is 0 Å². The Morgan fingerprint density at radius 2 is 2.00 bits per heavy atom. The van der Waals surface area contributed by atoms with Crippen molar-refractivity contribution in [2.75, 3.05) is 0 Å². The first-order valence-corrected chi connectivity index (χ1v) is 6.16. The topological polar surface area (TPSA) is 50.2 Å². The van der Waals surface area contributed by atoms with Crippen LogP contribution in [0.2, 0.25) is 0 Å². The van der Waals surface area contributed by atoms with E-state index >= 15 is 0 Å². The standard InChI is InChI=1S/C12H17NO2S/c1-7(2)9(4)16-11-6-10(12(14)15)5-8(3)13-11/h5-7,9H,1-4H3,(H,14,15). The van der Waals surface area contributed by atoms with E-state index in [0.29, 0.717) is 16.7 Å². The zero-order valence-electron chi connectivity index (χ0n) is 10.0. The monoisotopic (exact) mass is 239 g/mol. The minimum Gasteiger partial charge on any atom is -0.478 e. The predicted octanol–water partition coefficient (Wildman–Crippen LogP) is 3.22. The number of hydrogen-bond acceptors (Lipinski definition) is 3. The van der Waals surface area contributed by atoms with Crippen LogP contribution in [-0.4, -0.2) is 21.3 Å². The first kappa shape index (κ1) is 13.0. The Labute approximate surface area is 100 Å². The molecule has 0 radical (unpaired) electrons. The average molecular weight is 239 g/mol. The summed E-state index contributed by atoms with van der Waals surface area (Å²) < 4.78 is 0. The molecule has 1 aromatic heterocycles. The number of carboxylic acids is 1. The Bertz CT molecular complexity index is 391. The normalized spacial score (nSPS) is 12.8. The molecule has 1 atom stereocenters. The van der Waals surface area contributed by atoms with Gasteiger partial charge in [-0.15, -0.1) is 11.8 Å². The van der Waals surface area contributed by atoms with E-state index in [9.17, 15) is 4.79 Å². The molecule has 0 fully saturated rings. The van der Waals surface area contributed by atoms with Crippen LogP contribution in [0.1, 0.15) is 36.8 Å². The fourth-order valence-corrected chi connectivity index (χ4v) is 2.19. The van der Waals surface area contributed by atoms with Crippen molar-refractivity contribution in [1.29, 1.82) is 0 Å². The summed E-state index contributed by atoms with van der Waals surface area (Å²) in [6.45, 7) is 8.23. The van der Waals surface area contributed by atoms with Crippen LogP contribution in [0.5, 0.6) is 0 Å². The van der Waals surface area contributed by atoms with E-state index < -0.39 is 5.97 Å². The fraction of sp³-hybridized carbons (Fsp3) is 0.500. The van der Waals surface area contributed by atoms with Gasteiger partial charge in [0.25, 0.3) is 0 Å². The maximum atomic E-state index is 10.9. The highest BCUT2D eigenvalue weighted by Gasteiger charge is 2.12. The van der Waals surface area contributed by atoms with Gasteiger partial charge in [-0.2, -0.15) is 0 Å². The summed E-state index contributed by atoms with van der Waals surface area (Å²) in [7, 11) is 0. The molecule has 1 N–H and O–H groups in total. The molecule has 0 saturated heterocycles. The Hall–Kier alpha value is -1.03. The number of aryl methyl sites for hydroxylation is 1. The summed E-state index contributed by atoms with van der Waals surface area (Å²) in [4.78, 5) is 15.2. The molecule has 0 aliphatic heterocycles. The molecule has 3 nitrogen and oxygen atoms in total. The number of rotatable bonds is 4. The lowest BCUT2D eigenvalue weighted by atomic mass is 10.2. The second-order valence-corrected chi connectivity index (χ2v) is 5.61. The van der Waals surface area contributed by atoms with E-state index in [1.54, 1.807) is 23.9 Å². The largest absolute Gasteiger partial charge is 0.478 e. The number of aromatic carboxylic acids is 1. The third kappa shape index (κ3) is 3.52. The van der Waals surface area contributed by atoms with E-state index in [1.807, 2.05) is 6.92 Å². The molecule has 16 heavy (non-hydrogen) atoms. The van der Waals surface area contributed by atoms with Gasteiger partial charge in [-0.25, -0.2) is 9.78 Å². The molecule has 0 spiro atoms. The highest BCUT2D eigenvalue weighted by atomic mass is 32.2. The number of aromatic nitrogens is 1. The molecular formula is C12H17NO2S. The van der Waals surface area contributed by atoms with Crippen LogP contribution in [0.15, 0.2) is 17.2 Å². The van der Waals surface area contributed by atoms with Gasteiger partial charge in [0.15, 0.2) is 0 Å². The van der Waals surface area contributed by atoms with Crippen molar-refractivity contribution in [3.05, 3.63) is 23.4 Å². The molecule has 1 aromatic rings. The van der Waals surface area contributed by atoms with Gasteiger partial charge in [0.1, 0.15) is 0 Å². The maximum Gasteiger partial charge on any atom is 0.335 e. The maximum absolute atomic E-state index is 10.9. The highest BCUT2D eigenvalue weighted by molar-refractivity contribution is 7.99. The summed E-state index contributed by atoms with van der Waals surface area (Å²) in [6, 6.07) is 3.23. The van der Waals surface area contributed by atoms with Crippen LogP contribution < -0.4 is 0 Å². The van der Waals surface area contributed by atoms with Crippen molar-refractivity contribution in [3.63, 3.8) is 0 Å². The fourth-order valence-electron chi connectivity index (χ4n) is 1.15. The number of carbonyl (C=O) groups is 1. The van der Waals surface area contributed by atoms with E-state index in [2.05, 4.69) is 25.8 Å². The predicted molar refractivity (Wildman–Crippen MR) is 66.1 cm³/mol. The van der Waals surface area contributed by atoms with Crippen LogP contribution >= 0.6 is 11.8 Å². The number of hydrogen-bond donors (Lipinski definition) is 1. The lowest BCUT2D eigenvalue weighted by Gasteiger charge is -2.14. The van der Waals surface area contributed by atoms with Crippen LogP contribution in [0, 0.1) is 12.8 Å². The Morgan fingerprint density at radius 3 is 2.50 bits per heavy atom. The van der Waals surface area contributed by atoms with E-state index in [1.165, 1.54) is 0 Å². The molecule has 0 saturated carbocycles. The van der Waals surface area contributed by atoms with Crippen LogP contribution in [0.25, 0.3) is 0 Å². The molecule has 0 bridgehead atoms. The Balaban J connectivity index is 2.92. The summed E-state index contributed by atoms with van der Waals surface area (Å²) >= 11 is 1.62. The third-order valence-electron chi connectivity index (χ3n) is 2.42. The van der Waals surface area contributed by atoms with Crippen molar-refractivity contribution in [2.24, 2.45) is 5.92 Å². The number of thioether (sulfide) groups is 1. The Morgan fingerprint density at radius 1 is 1.38 bits per heavy atom. The highest BCUT2D eigenvalue weighted by Crippen LogP contribution is 2.27. The molecule has 4 heteroatoms. The van der Waals surface area contributed by atoms with Crippen LogP contribution in [0.4, 0.5) is 0 Å². The zero-order chi connectivity index (χ0) is 12.3. The van der Waals surface area contributed by atoms with Crippen molar-refractivity contribution < 1.29 is 9.90 Å². The SMILES string of the molecule is Cc1cc(C(=O)O)cc(SC(C)C(C)C)n1. The van der Waals surface area contributed by atoms with Crippen molar-refractivity contribution in [1.82, 2.24) is 4.98 Å². The second-order valence-electron chi connectivity index (χ2n) is 4.21. The zero-order valence-corrected chi connectivity index (χ0v) is 10.8. The molecule has 0 aromatic carbocycles. The minimum absolute atomic E-state index is 0.311. The summed E-state index contributed by atoms with van der Waals surface area (Å²) in [5.41, 5.74) is 1.06. The quantitative estimate of drug-likeness (QED) is 0.820. The first-order valence-electron chi connectivity index (χ1n) is 5.28. The van der Waals surface area contributed by atoms with Crippen LogP contribution in [-0.2, 0) is 0 Å². The van der Waals surface area contributed by atoms with Gasteiger partial charge in [0.05, 0.1) is 10.6 Å². The number of pyridine rings is 1. The molecule has 1 rings (SSSR count). The molecule has 0 amide bonds. The molecule has 0 aliphatic carbocycles. The third-order valence-corrected chi connectivity index (χ3v) is 3.79. The van der Waals surface area contributed by atoms with E-state index in [4.69, 9.17) is 5.11 Å². The van der Waals surface area contributed by atoms with Gasteiger partial charge in [-0.3, -0.25) is 0 Å². The van der Waals surface area contributed by atoms with Gasteiger partial charge < -0.3 is 5.11 Å². The van der Waals surface area contributed by atoms with Gasteiger partial charge in [0, 0.05) is 10.9 Å². The van der Waals surface area contributed by atoms with Crippen molar-refractivity contribution in [2.45, 2.75) is 38.0 Å². The lowest BCUT2D eigenvalue weighted by molar-refractivity contribution is 0.0696. The molecule has 1 heterocycles. The summed E-state index contributed by atoms with van der Waals surface area (Å²) in [5, 5.41) is 10.2. The molecule has 88 valence electrons. The lowest BCUT2D eigenvalue weighted by Crippen LogP contribution is -2.07. The van der Waals surface area contributed by atoms with Crippen LogP contribution in [0.3, 0.4) is 0 Å².